The van der Waals surface area contributed by atoms with Gasteiger partial charge in [0.2, 0.25) is 0 Å². The minimum absolute atomic E-state index is 0.182. The van der Waals surface area contributed by atoms with Crippen LogP contribution in [0, 0.1) is 13.8 Å². The number of nitrogens with one attached hydrogen (secondary N) is 1. The lowest BCUT2D eigenvalue weighted by Gasteiger charge is -2.17. The molecule has 1 aromatic rings. The van der Waals surface area contributed by atoms with Crippen molar-refractivity contribution in [2.75, 3.05) is 20.3 Å². The molecule has 0 spiro atoms. The van der Waals surface area contributed by atoms with Gasteiger partial charge in [0.05, 0.1) is 0 Å². The summed E-state index contributed by atoms with van der Waals surface area (Å²) < 4.78 is 5.75. The fourth-order valence-electron chi connectivity index (χ4n) is 1.52. The van der Waals surface area contributed by atoms with Crippen molar-refractivity contribution < 1.29 is 9.84 Å². The number of rotatable bonds is 6. The first-order valence-electron chi connectivity index (χ1n) is 5.65. The van der Waals surface area contributed by atoms with Gasteiger partial charge in [-0.15, -0.1) is 0 Å². The van der Waals surface area contributed by atoms with E-state index < -0.39 is 0 Å². The molecule has 3 heteroatoms. The van der Waals surface area contributed by atoms with Gasteiger partial charge in [-0.3, -0.25) is 0 Å². The van der Waals surface area contributed by atoms with Gasteiger partial charge in [-0.25, -0.2) is 0 Å². The van der Waals surface area contributed by atoms with Crippen LogP contribution >= 0.6 is 0 Å². The molecule has 0 saturated carbocycles. The molecule has 0 bridgehead atoms. The number of ether oxygens (including phenoxy) is 1. The summed E-state index contributed by atoms with van der Waals surface area (Å²) in [5, 5.41) is 12.0. The van der Waals surface area contributed by atoms with Gasteiger partial charge in [-0.1, -0.05) is 12.1 Å². The summed E-state index contributed by atoms with van der Waals surface area (Å²) in [4.78, 5) is 0. The molecule has 90 valence electrons. The Balaban J connectivity index is 2.55. The highest BCUT2D eigenvalue weighted by Gasteiger charge is 2.07. The van der Waals surface area contributed by atoms with Crippen molar-refractivity contribution in [3.8, 4) is 5.75 Å². The second-order valence-electron chi connectivity index (χ2n) is 4.08. The Labute approximate surface area is 97.4 Å². The lowest BCUT2D eigenvalue weighted by atomic mass is 10.1. The number of hydrogen-bond acceptors (Lipinski definition) is 3. The van der Waals surface area contributed by atoms with Gasteiger partial charge in [-0.2, -0.15) is 0 Å². The second-order valence-corrected chi connectivity index (χ2v) is 4.08. The van der Waals surface area contributed by atoms with E-state index in [9.17, 15) is 0 Å². The molecular weight excluding hydrogens is 202 g/mol. The Morgan fingerprint density at radius 3 is 2.75 bits per heavy atom. The topological polar surface area (TPSA) is 41.5 Å². The number of aliphatic hydroxyl groups is 1. The SMILES string of the molecule is CNC(CCO)COc1cc(C)ccc1C. The average molecular weight is 223 g/mol. The molecule has 1 unspecified atom stereocenters. The van der Waals surface area contributed by atoms with E-state index in [4.69, 9.17) is 9.84 Å². The lowest BCUT2D eigenvalue weighted by Crippen LogP contribution is -2.32. The van der Waals surface area contributed by atoms with Crippen molar-refractivity contribution in [2.24, 2.45) is 0 Å². The summed E-state index contributed by atoms with van der Waals surface area (Å²) in [6.45, 7) is 4.85. The summed E-state index contributed by atoms with van der Waals surface area (Å²) in [7, 11) is 1.88. The molecule has 0 aliphatic heterocycles. The van der Waals surface area contributed by atoms with Crippen LogP contribution in [0.5, 0.6) is 5.75 Å². The number of hydrogen-bond donors (Lipinski definition) is 2. The van der Waals surface area contributed by atoms with E-state index in [-0.39, 0.29) is 12.6 Å². The third-order valence-corrected chi connectivity index (χ3v) is 2.67. The summed E-state index contributed by atoms with van der Waals surface area (Å²) in [6, 6.07) is 6.38. The molecule has 0 aliphatic carbocycles. The minimum Gasteiger partial charge on any atom is -0.492 e. The molecule has 2 N–H and O–H groups in total. The van der Waals surface area contributed by atoms with Gasteiger partial charge in [0.1, 0.15) is 12.4 Å². The van der Waals surface area contributed by atoms with Gasteiger partial charge in [0.25, 0.3) is 0 Å². The van der Waals surface area contributed by atoms with Crippen LogP contribution in [0.25, 0.3) is 0 Å². The predicted octanol–water partition coefficient (Wildman–Crippen LogP) is 1.65. The van der Waals surface area contributed by atoms with Gasteiger partial charge in [-0.05, 0) is 44.5 Å². The highest BCUT2D eigenvalue weighted by molar-refractivity contribution is 5.35. The third-order valence-electron chi connectivity index (χ3n) is 2.67. The highest BCUT2D eigenvalue weighted by Crippen LogP contribution is 2.19. The van der Waals surface area contributed by atoms with Crippen LogP contribution in [0.2, 0.25) is 0 Å². The molecule has 0 aliphatic rings. The average Bonchev–Trinajstić information content (AvgIpc) is 2.28. The largest absolute Gasteiger partial charge is 0.492 e. The molecule has 0 radical (unpaired) electrons. The molecule has 0 amide bonds. The number of aryl methyl sites for hydroxylation is 2. The van der Waals surface area contributed by atoms with Crippen molar-refractivity contribution in [2.45, 2.75) is 26.3 Å². The Morgan fingerprint density at radius 1 is 1.38 bits per heavy atom. The van der Waals surface area contributed by atoms with Crippen molar-refractivity contribution in [3.63, 3.8) is 0 Å². The van der Waals surface area contributed by atoms with Crippen LogP contribution in [0.3, 0.4) is 0 Å². The molecule has 0 aromatic heterocycles. The molecule has 1 aromatic carbocycles. The van der Waals surface area contributed by atoms with Crippen molar-refractivity contribution in [1.29, 1.82) is 0 Å². The highest BCUT2D eigenvalue weighted by atomic mass is 16.5. The smallest absolute Gasteiger partial charge is 0.122 e. The van der Waals surface area contributed by atoms with Crippen LogP contribution in [-0.2, 0) is 0 Å². The minimum atomic E-state index is 0.182. The van der Waals surface area contributed by atoms with Crippen molar-refractivity contribution in [3.05, 3.63) is 29.3 Å². The third kappa shape index (κ3) is 3.83. The normalized spacial score (nSPS) is 12.5. The molecule has 0 fully saturated rings. The van der Waals surface area contributed by atoms with Crippen molar-refractivity contribution in [1.82, 2.24) is 5.32 Å². The van der Waals surface area contributed by atoms with Crippen LogP contribution in [0.15, 0.2) is 18.2 Å². The summed E-state index contributed by atoms with van der Waals surface area (Å²) in [5.74, 6) is 0.929. The maximum Gasteiger partial charge on any atom is 0.122 e. The van der Waals surface area contributed by atoms with Crippen LogP contribution in [0.1, 0.15) is 17.5 Å². The van der Waals surface area contributed by atoms with E-state index in [0.717, 1.165) is 11.3 Å². The predicted molar refractivity (Wildman–Crippen MR) is 66.0 cm³/mol. The molecule has 0 heterocycles. The molecular formula is C13H21NO2. The van der Waals surface area contributed by atoms with Crippen molar-refractivity contribution >= 4 is 0 Å². The number of likely N-dealkylation sites (N-methyl/N-ethyl adjacent to an activating group) is 1. The zero-order valence-corrected chi connectivity index (χ0v) is 10.3. The summed E-state index contributed by atoms with van der Waals surface area (Å²) >= 11 is 0. The maximum absolute atomic E-state index is 8.87. The van der Waals surface area contributed by atoms with E-state index in [0.29, 0.717) is 13.0 Å². The molecule has 16 heavy (non-hydrogen) atoms. The van der Waals surface area contributed by atoms with Gasteiger partial charge in [0.15, 0.2) is 0 Å². The summed E-state index contributed by atoms with van der Waals surface area (Å²) in [5.41, 5.74) is 2.34. The Kier molecular flexibility index (Phi) is 5.29. The van der Waals surface area contributed by atoms with E-state index >= 15 is 0 Å². The van der Waals surface area contributed by atoms with Crippen LogP contribution in [-0.4, -0.2) is 31.4 Å². The fourth-order valence-corrected chi connectivity index (χ4v) is 1.52. The summed E-state index contributed by atoms with van der Waals surface area (Å²) in [6.07, 6.45) is 0.710. The number of benzene rings is 1. The van der Waals surface area contributed by atoms with Gasteiger partial charge < -0.3 is 15.2 Å². The molecule has 0 saturated heterocycles. The monoisotopic (exact) mass is 223 g/mol. The molecule has 3 nitrogen and oxygen atoms in total. The van der Waals surface area contributed by atoms with E-state index in [1.165, 1.54) is 5.56 Å². The maximum atomic E-state index is 8.87. The molecule has 1 atom stereocenters. The Bertz CT molecular complexity index is 326. The van der Waals surface area contributed by atoms with E-state index in [1.807, 2.05) is 20.0 Å². The van der Waals surface area contributed by atoms with Gasteiger partial charge in [0, 0.05) is 12.6 Å². The first-order valence-corrected chi connectivity index (χ1v) is 5.65. The Morgan fingerprint density at radius 2 is 2.12 bits per heavy atom. The molecule has 1 rings (SSSR count). The van der Waals surface area contributed by atoms with Gasteiger partial charge >= 0.3 is 0 Å². The van der Waals surface area contributed by atoms with E-state index in [1.54, 1.807) is 0 Å². The zero-order chi connectivity index (χ0) is 12.0. The van der Waals surface area contributed by atoms with Crippen LogP contribution in [0.4, 0.5) is 0 Å². The van der Waals surface area contributed by atoms with Crippen LogP contribution < -0.4 is 10.1 Å². The first-order chi connectivity index (χ1) is 7.67. The standard InChI is InChI=1S/C13H21NO2/c1-10-4-5-11(2)13(8-10)16-9-12(14-3)6-7-15/h4-5,8,12,14-15H,6-7,9H2,1-3H3. The fraction of sp³-hybridized carbons (Fsp3) is 0.538. The Hall–Kier alpha value is -1.06. The zero-order valence-electron chi connectivity index (χ0n) is 10.3. The number of aliphatic hydroxyl groups excluding tert-OH is 1. The second kappa shape index (κ2) is 6.51. The van der Waals surface area contributed by atoms with E-state index in [2.05, 4.69) is 24.4 Å². The first kappa shape index (κ1) is 13.0. The lowest BCUT2D eigenvalue weighted by molar-refractivity contribution is 0.218. The quantitative estimate of drug-likeness (QED) is 0.770.